The van der Waals surface area contributed by atoms with Gasteiger partial charge < -0.3 is 9.30 Å². The molecule has 11 heteroatoms. The molecule has 4 rings (SSSR count). The van der Waals surface area contributed by atoms with Gasteiger partial charge in [-0.3, -0.25) is 9.10 Å². The number of halogens is 1. The summed E-state index contributed by atoms with van der Waals surface area (Å²) in [5, 5.41) is 4.78. The monoisotopic (exact) mass is 610 g/mol. The number of sulfonamides is 1. The summed E-state index contributed by atoms with van der Waals surface area (Å²) in [6, 6.07) is 22.6. The maximum Gasteiger partial charge on any atom is 0.264 e. The quantitative estimate of drug-likeness (QED) is 0.124. The molecule has 0 saturated carbocycles. The van der Waals surface area contributed by atoms with Crippen molar-refractivity contribution in [3.05, 3.63) is 101 Å². The number of thioether (sulfide) groups is 1. The number of carbonyl (C=O) groups excluding carboxylic acids is 1. The van der Waals surface area contributed by atoms with Crippen molar-refractivity contribution in [2.45, 2.75) is 30.6 Å². The van der Waals surface area contributed by atoms with Gasteiger partial charge in [0.25, 0.3) is 15.9 Å². The number of hydrazone groups is 1. The predicted molar refractivity (Wildman–Crippen MR) is 166 cm³/mol. The molecule has 4 aromatic rings. The van der Waals surface area contributed by atoms with Gasteiger partial charge in [-0.15, -0.1) is 11.8 Å². The molecule has 1 aromatic heterocycles. The van der Waals surface area contributed by atoms with Crippen LogP contribution < -0.4 is 14.5 Å². The van der Waals surface area contributed by atoms with Gasteiger partial charge in [-0.1, -0.05) is 11.6 Å². The smallest absolute Gasteiger partial charge is 0.264 e. The molecule has 0 aliphatic carbocycles. The Morgan fingerprint density at radius 3 is 2.32 bits per heavy atom. The predicted octanol–water partition coefficient (Wildman–Crippen LogP) is 6.21. The van der Waals surface area contributed by atoms with Gasteiger partial charge in [0.05, 0.1) is 23.4 Å². The topological polar surface area (TPSA) is 93.0 Å². The molecule has 3 aromatic carbocycles. The first kappa shape index (κ1) is 30.2. The Kier molecular flexibility index (Phi) is 9.80. The fraction of sp³-hybridized carbons (Fsp3) is 0.200. The van der Waals surface area contributed by atoms with Crippen LogP contribution in [-0.4, -0.2) is 44.5 Å². The zero-order chi connectivity index (χ0) is 29.6. The number of aromatic nitrogens is 1. The molecule has 1 N–H and O–H groups in total. The lowest BCUT2D eigenvalue weighted by Crippen LogP contribution is -2.39. The van der Waals surface area contributed by atoms with Crippen LogP contribution >= 0.6 is 23.4 Å². The Morgan fingerprint density at radius 2 is 1.71 bits per heavy atom. The number of nitrogens with one attached hydrogen (secondary N) is 1. The number of nitrogens with zero attached hydrogens (tertiary/aromatic N) is 3. The summed E-state index contributed by atoms with van der Waals surface area (Å²) in [5.74, 6) is 0.00845. The van der Waals surface area contributed by atoms with E-state index in [1.807, 2.05) is 57.4 Å². The van der Waals surface area contributed by atoms with Crippen LogP contribution in [0.3, 0.4) is 0 Å². The van der Waals surface area contributed by atoms with Crippen LogP contribution in [0.25, 0.3) is 5.69 Å². The van der Waals surface area contributed by atoms with Crippen molar-refractivity contribution >= 4 is 51.2 Å². The largest absolute Gasteiger partial charge is 0.494 e. The van der Waals surface area contributed by atoms with Crippen LogP contribution in [0.15, 0.2) is 93.8 Å². The second-order valence-electron chi connectivity index (χ2n) is 9.05. The van der Waals surface area contributed by atoms with Crippen molar-refractivity contribution in [2.75, 3.05) is 23.7 Å². The fourth-order valence-corrected chi connectivity index (χ4v) is 6.27. The highest BCUT2D eigenvalue weighted by molar-refractivity contribution is 7.98. The number of hydrogen-bond donors (Lipinski definition) is 1. The highest BCUT2D eigenvalue weighted by Crippen LogP contribution is 2.27. The fourth-order valence-electron chi connectivity index (χ4n) is 4.31. The van der Waals surface area contributed by atoms with Crippen LogP contribution in [0.2, 0.25) is 5.02 Å². The van der Waals surface area contributed by atoms with Crippen LogP contribution in [0, 0.1) is 13.8 Å². The van der Waals surface area contributed by atoms with Crippen molar-refractivity contribution in [1.29, 1.82) is 0 Å². The average molecular weight is 611 g/mol. The molecule has 0 aliphatic heterocycles. The van der Waals surface area contributed by atoms with E-state index in [4.69, 9.17) is 16.3 Å². The van der Waals surface area contributed by atoms with Gasteiger partial charge >= 0.3 is 0 Å². The molecule has 0 aliphatic rings. The first-order valence-corrected chi connectivity index (χ1v) is 15.8. The molecule has 0 saturated heterocycles. The second kappa shape index (κ2) is 13.3. The van der Waals surface area contributed by atoms with Gasteiger partial charge in [-0.05, 0) is 106 Å². The van der Waals surface area contributed by atoms with E-state index in [1.54, 1.807) is 42.6 Å². The van der Waals surface area contributed by atoms with E-state index in [2.05, 4.69) is 15.1 Å². The van der Waals surface area contributed by atoms with E-state index in [0.717, 1.165) is 31.8 Å². The van der Waals surface area contributed by atoms with Crippen LogP contribution in [0.1, 0.15) is 23.9 Å². The normalized spacial score (nSPS) is 11.5. The summed E-state index contributed by atoms with van der Waals surface area (Å²) in [6.45, 7) is 5.80. The molecule has 0 fully saturated rings. The molecule has 1 heterocycles. The van der Waals surface area contributed by atoms with Gasteiger partial charge in [0.15, 0.2) is 0 Å². The van der Waals surface area contributed by atoms with E-state index in [-0.39, 0.29) is 4.90 Å². The Hall–Kier alpha value is -3.73. The summed E-state index contributed by atoms with van der Waals surface area (Å²) in [4.78, 5) is 14.0. The van der Waals surface area contributed by atoms with Crippen molar-refractivity contribution in [3.8, 4) is 11.4 Å². The van der Waals surface area contributed by atoms with E-state index in [9.17, 15) is 13.2 Å². The molecule has 8 nitrogen and oxygen atoms in total. The summed E-state index contributed by atoms with van der Waals surface area (Å²) in [5.41, 5.74) is 6.48. The van der Waals surface area contributed by atoms with Gasteiger partial charge in [0.2, 0.25) is 0 Å². The Balaban J connectivity index is 1.55. The lowest BCUT2D eigenvalue weighted by atomic mass is 10.2. The molecule has 0 radical (unpaired) electrons. The molecule has 0 bridgehead atoms. The van der Waals surface area contributed by atoms with E-state index in [0.29, 0.717) is 23.1 Å². The minimum atomic E-state index is -4.06. The van der Waals surface area contributed by atoms with E-state index in [1.165, 1.54) is 23.9 Å². The zero-order valence-electron chi connectivity index (χ0n) is 23.2. The first-order valence-electron chi connectivity index (χ1n) is 12.8. The molecular formula is C30H31ClN4O4S2. The SMILES string of the molecule is CCOc1ccc(N(CC(=O)N/N=C/c2cc(C)n(-c3ccc(Cl)cc3)c2C)S(=O)(=O)c2ccc(SC)cc2)cc1. The molecule has 41 heavy (non-hydrogen) atoms. The maximum absolute atomic E-state index is 13.7. The molecule has 0 unspecified atom stereocenters. The number of aryl methyl sites for hydroxylation is 1. The number of ether oxygens (including phenoxy) is 1. The summed E-state index contributed by atoms with van der Waals surface area (Å²) in [7, 11) is -4.06. The van der Waals surface area contributed by atoms with Crippen LogP contribution in [0.5, 0.6) is 5.75 Å². The van der Waals surface area contributed by atoms with Crippen molar-refractivity contribution in [3.63, 3.8) is 0 Å². The zero-order valence-corrected chi connectivity index (χ0v) is 25.6. The molecule has 214 valence electrons. The number of anilines is 1. The highest BCUT2D eigenvalue weighted by Gasteiger charge is 2.27. The Bertz CT molecular complexity index is 1630. The third kappa shape index (κ3) is 7.13. The average Bonchev–Trinajstić information content (AvgIpc) is 3.25. The number of benzene rings is 3. The standard InChI is InChI=1S/C30H31ClN4O4S2/c1-5-39-27-12-10-25(11-13-27)34(41(37,38)29-16-14-28(40-4)15-17-29)20-30(36)33-32-19-23-18-21(2)35(22(23)3)26-8-6-24(31)7-9-26/h6-19H,5,20H2,1-4H3,(H,33,36)/b32-19+. The third-order valence-corrected chi connectivity index (χ3v) is 9.10. The van der Waals surface area contributed by atoms with E-state index < -0.39 is 22.5 Å². The number of carbonyl (C=O) groups is 1. The minimum absolute atomic E-state index is 0.0788. The molecule has 0 atom stereocenters. The van der Waals surface area contributed by atoms with Crippen LogP contribution in [0.4, 0.5) is 5.69 Å². The first-order chi connectivity index (χ1) is 19.6. The second-order valence-corrected chi connectivity index (χ2v) is 12.2. The number of amides is 1. The third-order valence-electron chi connectivity index (χ3n) is 6.32. The Morgan fingerprint density at radius 1 is 1.05 bits per heavy atom. The molecule has 1 amide bonds. The Labute approximate surface area is 250 Å². The van der Waals surface area contributed by atoms with Crippen molar-refractivity contribution in [1.82, 2.24) is 9.99 Å². The molecular weight excluding hydrogens is 580 g/mol. The van der Waals surface area contributed by atoms with Crippen LogP contribution in [-0.2, 0) is 14.8 Å². The van der Waals surface area contributed by atoms with Crippen molar-refractivity contribution < 1.29 is 17.9 Å². The lowest BCUT2D eigenvalue weighted by Gasteiger charge is -2.24. The van der Waals surface area contributed by atoms with Crippen molar-refractivity contribution in [2.24, 2.45) is 5.10 Å². The van der Waals surface area contributed by atoms with Gasteiger partial charge in [-0.25, -0.2) is 13.8 Å². The highest BCUT2D eigenvalue weighted by atomic mass is 35.5. The minimum Gasteiger partial charge on any atom is -0.494 e. The maximum atomic E-state index is 13.7. The van der Waals surface area contributed by atoms with Gasteiger partial charge in [-0.2, -0.15) is 5.10 Å². The van der Waals surface area contributed by atoms with E-state index >= 15 is 0 Å². The lowest BCUT2D eigenvalue weighted by molar-refractivity contribution is -0.119. The van der Waals surface area contributed by atoms with Gasteiger partial charge in [0.1, 0.15) is 12.3 Å². The summed E-state index contributed by atoms with van der Waals surface area (Å²) >= 11 is 7.54. The van der Waals surface area contributed by atoms with Gasteiger partial charge in [0, 0.05) is 32.6 Å². The summed E-state index contributed by atoms with van der Waals surface area (Å²) in [6.07, 6.45) is 3.46. The molecule has 0 spiro atoms. The number of rotatable bonds is 11. The summed E-state index contributed by atoms with van der Waals surface area (Å²) < 4.78 is 36.0. The number of hydrogen-bond acceptors (Lipinski definition) is 6.